The lowest BCUT2D eigenvalue weighted by Crippen LogP contribution is -1.97. The average Bonchev–Trinajstić information content (AvgIpc) is 2.16. The fraction of sp³-hybridized carbons (Fsp3) is 0.667. The van der Waals surface area contributed by atoms with Crippen molar-refractivity contribution in [2.24, 2.45) is 5.92 Å². The summed E-state index contributed by atoms with van der Waals surface area (Å²) < 4.78 is 0. The number of halogens is 1. The Morgan fingerprint density at radius 2 is 2.15 bits per heavy atom. The van der Waals surface area contributed by atoms with E-state index in [0.29, 0.717) is 5.92 Å². The molecule has 0 fully saturated rings. The molecule has 0 spiro atoms. The monoisotopic (exact) mass is 200 g/mol. The van der Waals surface area contributed by atoms with Crippen molar-refractivity contribution in [1.82, 2.24) is 0 Å². The summed E-state index contributed by atoms with van der Waals surface area (Å²) in [6, 6.07) is 0. The number of alkyl halides is 1. The Morgan fingerprint density at radius 3 is 2.62 bits per heavy atom. The van der Waals surface area contributed by atoms with Gasteiger partial charge in [0.25, 0.3) is 0 Å². The molecule has 1 unspecified atom stereocenters. The number of allylic oxidation sites excluding steroid dienone is 4. The van der Waals surface area contributed by atoms with E-state index in [2.05, 4.69) is 39.0 Å². The summed E-state index contributed by atoms with van der Waals surface area (Å²) >= 11 is 5.66. The normalized spacial score (nSPS) is 15.2. The molecule has 0 aromatic heterocycles. The molecular weight excluding hydrogens is 180 g/mol. The van der Waals surface area contributed by atoms with Crippen molar-refractivity contribution in [3.05, 3.63) is 23.8 Å². The van der Waals surface area contributed by atoms with Crippen LogP contribution in [0.3, 0.4) is 0 Å². The van der Waals surface area contributed by atoms with Gasteiger partial charge < -0.3 is 0 Å². The van der Waals surface area contributed by atoms with Crippen LogP contribution in [0.2, 0.25) is 0 Å². The van der Waals surface area contributed by atoms with E-state index < -0.39 is 0 Å². The van der Waals surface area contributed by atoms with Crippen LogP contribution in [-0.4, -0.2) is 5.88 Å². The molecular formula is C12H21Cl. The molecule has 0 radical (unpaired) electrons. The molecule has 0 rings (SSSR count). The van der Waals surface area contributed by atoms with E-state index in [1.807, 2.05) is 0 Å². The van der Waals surface area contributed by atoms with Crippen molar-refractivity contribution in [3.63, 3.8) is 0 Å². The third kappa shape index (κ3) is 5.93. The molecule has 0 saturated heterocycles. The maximum absolute atomic E-state index is 5.66. The molecule has 0 aromatic rings. The molecule has 0 aromatic carbocycles. The van der Waals surface area contributed by atoms with E-state index in [9.17, 15) is 0 Å². The van der Waals surface area contributed by atoms with Gasteiger partial charge in [-0.25, -0.2) is 0 Å². The molecule has 0 nitrogen and oxygen atoms in total. The Morgan fingerprint density at radius 1 is 1.46 bits per heavy atom. The van der Waals surface area contributed by atoms with E-state index in [1.54, 1.807) is 0 Å². The minimum atomic E-state index is 0.645. The topological polar surface area (TPSA) is 0 Å². The van der Waals surface area contributed by atoms with E-state index in [-0.39, 0.29) is 0 Å². The van der Waals surface area contributed by atoms with Crippen LogP contribution < -0.4 is 0 Å². The fourth-order valence-electron chi connectivity index (χ4n) is 1.35. The van der Waals surface area contributed by atoms with Gasteiger partial charge in [-0.3, -0.25) is 0 Å². The van der Waals surface area contributed by atoms with Crippen molar-refractivity contribution >= 4 is 11.6 Å². The zero-order valence-corrected chi connectivity index (χ0v) is 9.77. The summed E-state index contributed by atoms with van der Waals surface area (Å²) in [6.07, 6.45) is 10.1. The van der Waals surface area contributed by atoms with Crippen LogP contribution >= 0.6 is 11.6 Å². The highest BCUT2D eigenvalue weighted by Crippen LogP contribution is 2.18. The van der Waals surface area contributed by atoms with Gasteiger partial charge in [0.1, 0.15) is 0 Å². The van der Waals surface area contributed by atoms with Gasteiger partial charge >= 0.3 is 0 Å². The predicted octanol–water partition coefficient (Wildman–Crippen LogP) is 4.55. The van der Waals surface area contributed by atoms with Gasteiger partial charge in [-0.15, -0.1) is 11.6 Å². The molecule has 76 valence electrons. The van der Waals surface area contributed by atoms with Crippen LogP contribution in [0.1, 0.15) is 40.0 Å². The van der Waals surface area contributed by atoms with Gasteiger partial charge in [0.15, 0.2) is 0 Å². The largest absolute Gasteiger partial charge is 0.127 e. The Balaban J connectivity index is 4.01. The van der Waals surface area contributed by atoms with Gasteiger partial charge in [-0.2, -0.15) is 0 Å². The Hall–Kier alpha value is -0.230. The Kier molecular flexibility index (Phi) is 8.22. The maximum Gasteiger partial charge on any atom is 0.0223 e. The summed E-state index contributed by atoms with van der Waals surface area (Å²) in [5, 5.41) is 0. The lowest BCUT2D eigenvalue weighted by molar-refractivity contribution is 0.614. The third-order valence-corrected chi connectivity index (χ3v) is 2.49. The maximum atomic E-state index is 5.66. The summed E-state index contributed by atoms with van der Waals surface area (Å²) in [4.78, 5) is 0. The molecule has 0 aliphatic carbocycles. The second-order valence-electron chi connectivity index (χ2n) is 3.33. The first-order valence-corrected chi connectivity index (χ1v) is 5.68. The minimum absolute atomic E-state index is 0.645. The number of hydrogen-bond donors (Lipinski definition) is 0. The van der Waals surface area contributed by atoms with E-state index in [0.717, 1.165) is 18.7 Å². The lowest BCUT2D eigenvalue weighted by atomic mass is 9.95. The van der Waals surface area contributed by atoms with Crippen molar-refractivity contribution < 1.29 is 0 Å². The zero-order valence-electron chi connectivity index (χ0n) is 9.02. The molecule has 0 aliphatic heterocycles. The molecule has 13 heavy (non-hydrogen) atoms. The summed E-state index contributed by atoms with van der Waals surface area (Å²) in [5.41, 5.74) is 1.44. The molecule has 0 heterocycles. The highest BCUT2D eigenvalue weighted by atomic mass is 35.5. The standard InChI is InChI=1S/C12H21Cl/c1-4-6-9-12(5-2)11(3)8-7-10-13/h5-6,9,11H,4,7-8,10H2,1-3H3/b9-6-,12-5+. The predicted molar refractivity (Wildman–Crippen MR) is 62.3 cm³/mol. The smallest absolute Gasteiger partial charge is 0.0223 e. The summed E-state index contributed by atoms with van der Waals surface area (Å²) in [6.45, 7) is 6.53. The highest BCUT2D eigenvalue weighted by Gasteiger charge is 2.03. The molecule has 0 aliphatic rings. The van der Waals surface area contributed by atoms with Crippen LogP contribution in [0.25, 0.3) is 0 Å². The molecule has 0 bridgehead atoms. The van der Waals surface area contributed by atoms with Gasteiger partial charge in [0.05, 0.1) is 0 Å². The molecule has 0 N–H and O–H groups in total. The van der Waals surface area contributed by atoms with Crippen LogP contribution in [-0.2, 0) is 0 Å². The van der Waals surface area contributed by atoms with Crippen molar-refractivity contribution in [2.75, 3.05) is 5.88 Å². The van der Waals surface area contributed by atoms with Gasteiger partial charge in [-0.1, -0.05) is 32.1 Å². The lowest BCUT2D eigenvalue weighted by Gasteiger charge is -2.11. The van der Waals surface area contributed by atoms with Crippen molar-refractivity contribution in [1.29, 1.82) is 0 Å². The van der Waals surface area contributed by atoms with Crippen LogP contribution in [0, 0.1) is 5.92 Å². The number of hydrogen-bond acceptors (Lipinski definition) is 0. The molecule has 0 amide bonds. The fourth-order valence-corrected chi connectivity index (χ4v) is 1.50. The van der Waals surface area contributed by atoms with Crippen molar-refractivity contribution in [3.8, 4) is 0 Å². The Labute approximate surface area is 87.7 Å². The SMILES string of the molecule is C/C=C(\C=C/CC)C(C)CCCCl. The highest BCUT2D eigenvalue weighted by molar-refractivity contribution is 6.17. The van der Waals surface area contributed by atoms with Gasteiger partial charge in [0, 0.05) is 5.88 Å². The van der Waals surface area contributed by atoms with Gasteiger partial charge in [0.2, 0.25) is 0 Å². The van der Waals surface area contributed by atoms with Crippen LogP contribution in [0.15, 0.2) is 23.8 Å². The summed E-state index contributed by atoms with van der Waals surface area (Å²) in [7, 11) is 0. The first-order valence-electron chi connectivity index (χ1n) is 5.14. The second-order valence-corrected chi connectivity index (χ2v) is 3.71. The number of rotatable bonds is 6. The zero-order chi connectivity index (χ0) is 10.1. The van der Waals surface area contributed by atoms with Crippen molar-refractivity contribution in [2.45, 2.75) is 40.0 Å². The first-order chi connectivity index (χ1) is 6.26. The van der Waals surface area contributed by atoms with E-state index >= 15 is 0 Å². The van der Waals surface area contributed by atoms with Crippen LogP contribution in [0.4, 0.5) is 0 Å². The van der Waals surface area contributed by atoms with E-state index in [4.69, 9.17) is 11.6 Å². The Bertz CT molecular complexity index is 168. The summed E-state index contributed by atoms with van der Waals surface area (Å²) in [5.74, 6) is 1.42. The second kappa shape index (κ2) is 8.37. The quantitative estimate of drug-likeness (QED) is 0.436. The first kappa shape index (κ1) is 12.8. The van der Waals surface area contributed by atoms with Gasteiger partial charge in [-0.05, 0) is 37.7 Å². The molecule has 0 saturated carbocycles. The molecule has 1 heteroatoms. The third-order valence-electron chi connectivity index (χ3n) is 2.22. The van der Waals surface area contributed by atoms with Crippen LogP contribution in [0.5, 0.6) is 0 Å². The average molecular weight is 201 g/mol. The minimum Gasteiger partial charge on any atom is -0.127 e. The van der Waals surface area contributed by atoms with E-state index in [1.165, 1.54) is 12.0 Å². The molecule has 1 atom stereocenters.